The zero-order valence-corrected chi connectivity index (χ0v) is 11.2. The van der Waals surface area contributed by atoms with Crippen LogP contribution in [0.2, 0.25) is 0 Å². The lowest BCUT2D eigenvalue weighted by Crippen LogP contribution is -2.06. The minimum absolute atomic E-state index is 0.0444. The third-order valence-electron chi connectivity index (χ3n) is 3.09. The van der Waals surface area contributed by atoms with Gasteiger partial charge >= 0.3 is 5.97 Å². The molecule has 1 aromatic carbocycles. The molecule has 3 rings (SSSR count). The van der Waals surface area contributed by atoms with Crippen molar-refractivity contribution in [1.29, 1.82) is 0 Å². The van der Waals surface area contributed by atoms with Gasteiger partial charge in [-0.2, -0.15) is 5.10 Å². The second-order valence-electron chi connectivity index (χ2n) is 4.61. The maximum absolute atomic E-state index is 10.9. The minimum Gasteiger partial charge on any atom is -0.477 e. The number of hydrogen-bond donors (Lipinski definition) is 1. The van der Waals surface area contributed by atoms with Crippen molar-refractivity contribution in [2.75, 3.05) is 0 Å². The molecule has 0 aliphatic rings. The predicted molar refractivity (Wildman–Crippen MR) is 78.0 cm³/mol. The van der Waals surface area contributed by atoms with Gasteiger partial charge in [0.25, 0.3) is 0 Å². The lowest BCUT2D eigenvalue weighted by molar-refractivity contribution is 0.0690. The van der Waals surface area contributed by atoms with Crippen molar-refractivity contribution in [2.45, 2.75) is 6.54 Å². The van der Waals surface area contributed by atoms with Crippen LogP contribution in [0, 0.1) is 0 Å². The van der Waals surface area contributed by atoms with E-state index in [2.05, 4.69) is 10.1 Å². The number of carboxylic acid groups (broad SMARTS) is 1. The van der Waals surface area contributed by atoms with Gasteiger partial charge in [0.2, 0.25) is 0 Å². The van der Waals surface area contributed by atoms with Crippen molar-refractivity contribution >= 4 is 5.97 Å². The molecule has 3 aromatic rings. The summed E-state index contributed by atoms with van der Waals surface area (Å²) in [6.45, 7) is 0.438. The van der Waals surface area contributed by atoms with Crippen LogP contribution in [-0.4, -0.2) is 25.8 Å². The standard InChI is InChI=1S/C16H13N3O2/c20-16(21)15-8-4-7-14(18-15)11-19-10-13(9-17-19)12-5-2-1-3-6-12/h1-10H,11H2,(H,20,21). The van der Waals surface area contributed by atoms with E-state index >= 15 is 0 Å². The Balaban J connectivity index is 1.82. The number of pyridine rings is 1. The Morgan fingerprint density at radius 2 is 1.86 bits per heavy atom. The third kappa shape index (κ3) is 2.97. The molecule has 1 N–H and O–H groups in total. The molecule has 0 aliphatic carbocycles. The molecule has 5 heteroatoms. The highest BCUT2D eigenvalue weighted by molar-refractivity contribution is 5.85. The van der Waals surface area contributed by atoms with Gasteiger partial charge in [-0.1, -0.05) is 36.4 Å². The molecule has 0 spiro atoms. The molecule has 104 valence electrons. The molecule has 21 heavy (non-hydrogen) atoms. The average Bonchev–Trinajstić information content (AvgIpc) is 2.97. The van der Waals surface area contributed by atoms with Gasteiger partial charge in [-0.25, -0.2) is 9.78 Å². The minimum atomic E-state index is -1.03. The number of carbonyl (C=O) groups is 1. The molecular formula is C16H13N3O2. The first-order valence-electron chi connectivity index (χ1n) is 6.49. The van der Waals surface area contributed by atoms with Crippen LogP contribution in [0.5, 0.6) is 0 Å². The summed E-state index contributed by atoms with van der Waals surface area (Å²) in [5, 5.41) is 13.2. The maximum atomic E-state index is 10.9. The summed E-state index contributed by atoms with van der Waals surface area (Å²) in [4.78, 5) is 15.0. The van der Waals surface area contributed by atoms with Crippen LogP contribution in [0.4, 0.5) is 0 Å². The van der Waals surface area contributed by atoms with Gasteiger partial charge < -0.3 is 5.11 Å². The number of aromatic nitrogens is 3. The molecular weight excluding hydrogens is 266 g/mol. The van der Waals surface area contributed by atoms with Crippen molar-refractivity contribution in [1.82, 2.24) is 14.8 Å². The van der Waals surface area contributed by atoms with E-state index in [0.29, 0.717) is 12.2 Å². The fourth-order valence-corrected chi connectivity index (χ4v) is 2.08. The van der Waals surface area contributed by atoms with E-state index in [-0.39, 0.29) is 5.69 Å². The summed E-state index contributed by atoms with van der Waals surface area (Å²) < 4.78 is 1.75. The smallest absolute Gasteiger partial charge is 0.354 e. The van der Waals surface area contributed by atoms with E-state index in [0.717, 1.165) is 11.1 Å². The molecule has 0 bridgehead atoms. The summed E-state index contributed by atoms with van der Waals surface area (Å²) >= 11 is 0. The Bertz CT molecular complexity index is 766. The zero-order valence-electron chi connectivity index (χ0n) is 11.2. The van der Waals surface area contributed by atoms with Crippen LogP contribution < -0.4 is 0 Å². The summed E-state index contributed by atoms with van der Waals surface area (Å²) in [6.07, 6.45) is 3.71. The molecule has 0 aliphatic heterocycles. The number of rotatable bonds is 4. The Morgan fingerprint density at radius 1 is 1.05 bits per heavy atom. The van der Waals surface area contributed by atoms with Crippen LogP contribution in [0.15, 0.2) is 60.9 Å². The van der Waals surface area contributed by atoms with Gasteiger partial charge in [0.05, 0.1) is 18.4 Å². The molecule has 0 atom stereocenters. The largest absolute Gasteiger partial charge is 0.477 e. The molecule has 5 nitrogen and oxygen atoms in total. The molecule has 0 amide bonds. The number of nitrogens with zero attached hydrogens (tertiary/aromatic N) is 3. The second kappa shape index (κ2) is 5.58. The van der Waals surface area contributed by atoms with Gasteiger partial charge in [0.1, 0.15) is 5.69 Å². The fraction of sp³-hybridized carbons (Fsp3) is 0.0625. The fourth-order valence-electron chi connectivity index (χ4n) is 2.08. The number of hydrogen-bond acceptors (Lipinski definition) is 3. The highest BCUT2D eigenvalue weighted by Gasteiger charge is 2.07. The van der Waals surface area contributed by atoms with Gasteiger partial charge in [0.15, 0.2) is 0 Å². The topological polar surface area (TPSA) is 68.0 Å². The molecule has 2 heterocycles. The van der Waals surface area contributed by atoms with Gasteiger partial charge in [0, 0.05) is 11.8 Å². The third-order valence-corrected chi connectivity index (χ3v) is 3.09. The molecule has 0 saturated carbocycles. The van der Waals surface area contributed by atoms with Crippen LogP contribution in [0.25, 0.3) is 11.1 Å². The summed E-state index contributed by atoms with van der Waals surface area (Å²) in [5.74, 6) is -1.03. The highest BCUT2D eigenvalue weighted by atomic mass is 16.4. The first kappa shape index (κ1) is 13.1. The Kier molecular flexibility index (Phi) is 3.47. The number of carboxylic acids is 1. The van der Waals surface area contributed by atoms with Crippen LogP contribution in [0.1, 0.15) is 16.2 Å². The van der Waals surface area contributed by atoms with Gasteiger partial charge in [-0.05, 0) is 17.7 Å². The average molecular weight is 279 g/mol. The van der Waals surface area contributed by atoms with Crippen molar-refractivity contribution in [2.24, 2.45) is 0 Å². The first-order valence-corrected chi connectivity index (χ1v) is 6.49. The second-order valence-corrected chi connectivity index (χ2v) is 4.61. The normalized spacial score (nSPS) is 10.5. The van der Waals surface area contributed by atoms with E-state index in [1.807, 2.05) is 36.5 Å². The zero-order chi connectivity index (χ0) is 14.7. The Hall–Kier alpha value is -2.95. The van der Waals surface area contributed by atoms with E-state index in [1.165, 1.54) is 6.07 Å². The summed E-state index contributed by atoms with van der Waals surface area (Å²) in [7, 11) is 0. The molecule has 0 unspecified atom stereocenters. The van der Waals surface area contributed by atoms with Crippen LogP contribution in [-0.2, 0) is 6.54 Å². The maximum Gasteiger partial charge on any atom is 0.354 e. The first-order chi connectivity index (χ1) is 10.2. The predicted octanol–water partition coefficient (Wildman–Crippen LogP) is 2.69. The van der Waals surface area contributed by atoms with Crippen LogP contribution in [0.3, 0.4) is 0 Å². The van der Waals surface area contributed by atoms with Crippen molar-refractivity contribution in [3.63, 3.8) is 0 Å². The summed E-state index contributed by atoms with van der Waals surface area (Å²) in [5.41, 5.74) is 2.82. The van der Waals surface area contributed by atoms with E-state index in [9.17, 15) is 4.79 Å². The molecule has 0 fully saturated rings. The summed E-state index contributed by atoms with van der Waals surface area (Å²) in [6, 6.07) is 14.9. The van der Waals surface area contributed by atoms with E-state index in [1.54, 1.807) is 23.0 Å². The molecule has 0 radical (unpaired) electrons. The lowest BCUT2D eigenvalue weighted by Gasteiger charge is -2.02. The Morgan fingerprint density at radius 3 is 2.62 bits per heavy atom. The monoisotopic (exact) mass is 279 g/mol. The SMILES string of the molecule is O=C(O)c1cccc(Cn2cc(-c3ccccc3)cn2)n1. The Labute approximate surface area is 121 Å². The molecule has 2 aromatic heterocycles. The van der Waals surface area contributed by atoms with Crippen LogP contribution >= 0.6 is 0 Å². The van der Waals surface area contributed by atoms with Gasteiger partial charge in [-0.3, -0.25) is 4.68 Å². The van der Waals surface area contributed by atoms with Crippen molar-refractivity contribution in [3.8, 4) is 11.1 Å². The van der Waals surface area contributed by atoms with Crippen molar-refractivity contribution in [3.05, 3.63) is 72.3 Å². The van der Waals surface area contributed by atoms with Crippen molar-refractivity contribution < 1.29 is 9.90 Å². The molecule has 0 saturated heterocycles. The number of aromatic carboxylic acids is 1. The van der Waals surface area contributed by atoms with E-state index in [4.69, 9.17) is 5.11 Å². The number of benzene rings is 1. The highest BCUT2D eigenvalue weighted by Crippen LogP contribution is 2.17. The van der Waals surface area contributed by atoms with E-state index < -0.39 is 5.97 Å². The lowest BCUT2D eigenvalue weighted by atomic mass is 10.1. The quantitative estimate of drug-likeness (QED) is 0.797. The van der Waals surface area contributed by atoms with Gasteiger partial charge in [-0.15, -0.1) is 0 Å².